The molecule has 124 valence electrons. The first-order valence-electron chi connectivity index (χ1n) is 7.28. The van der Waals surface area contributed by atoms with Crippen LogP contribution in [0.3, 0.4) is 0 Å². The van der Waals surface area contributed by atoms with Crippen LogP contribution in [-0.4, -0.2) is 24.9 Å². The van der Waals surface area contributed by atoms with E-state index in [2.05, 4.69) is 15.6 Å². The maximum atomic E-state index is 12.1. The molecule has 0 radical (unpaired) electrons. The highest BCUT2D eigenvalue weighted by Crippen LogP contribution is 2.10. The Morgan fingerprint density at radius 3 is 2.00 bits per heavy atom. The maximum absolute atomic E-state index is 12.1. The molecular formula is C18H18N2O4. The van der Waals surface area contributed by atoms with Crippen molar-refractivity contribution in [3.63, 3.8) is 0 Å². The van der Waals surface area contributed by atoms with Gasteiger partial charge >= 0.3 is 5.97 Å². The summed E-state index contributed by atoms with van der Waals surface area (Å²) in [5.74, 6) is -1.36. The Labute approximate surface area is 139 Å². The maximum Gasteiger partial charge on any atom is 0.337 e. The van der Waals surface area contributed by atoms with E-state index in [9.17, 15) is 14.4 Å². The van der Waals surface area contributed by atoms with E-state index >= 15 is 0 Å². The topological polar surface area (TPSA) is 84.5 Å². The van der Waals surface area contributed by atoms with Gasteiger partial charge in [-0.25, -0.2) is 4.79 Å². The molecule has 0 aliphatic carbocycles. The fraction of sp³-hybridized carbons (Fsp3) is 0.167. The van der Waals surface area contributed by atoms with Crippen molar-refractivity contribution in [2.24, 2.45) is 0 Å². The van der Waals surface area contributed by atoms with Gasteiger partial charge in [0.05, 0.1) is 12.7 Å². The fourth-order valence-corrected chi connectivity index (χ4v) is 2.20. The second kappa shape index (κ2) is 7.41. The minimum atomic E-state index is -0.482. The van der Waals surface area contributed by atoms with Gasteiger partial charge in [-0.05, 0) is 49.7 Å². The lowest BCUT2D eigenvalue weighted by Gasteiger charge is -2.10. The van der Waals surface area contributed by atoms with Crippen LogP contribution in [0.4, 0.5) is 0 Å². The quantitative estimate of drug-likeness (QED) is 0.669. The van der Waals surface area contributed by atoms with Gasteiger partial charge in [0.25, 0.3) is 11.8 Å². The second-order valence-corrected chi connectivity index (χ2v) is 5.30. The minimum absolute atomic E-state index is 0.309. The normalized spacial score (nSPS) is 9.96. The molecular weight excluding hydrogens is 308 g/mol. The molecule has 0 aliphatic rings. The summed E-state index contributed by atoms with van der Waals surface area (Å²) in [5.41, 5.74) is 7.74. The molecule has 2 amide bonds. The SMILES string of the molecule is COC(=O)c1ccc(C(=O)NNC(=O)c2ccc(C)cc2C)cc1. The Morgan fingerprint density at radius 2 is 1.42 bits per heavy atom. The van der Waals surface area contributed by atoms with Gasteiger partial charge in [-0.2, -0.15) is 0 Å². The molecule has 0 aromatic heterocycles. The van der Waals surface area contributed by atoms with E-state index in [1.54, 1.807) is 6.07 Å². The summed E-state index contributed by atoms with van der Waals surface area (Å²) in [6.07, 6.45) is 0. The molecule has 24 heavy (non-hydrogen) atoms. The van der Waals surface area contributed by atoms with Crippen molar-refractivity contribution in [1.29, 1.82) is 0 Å². The molecule has 0 fully saturated rings. The first kappa shape index (κ1) is 17.2. The van der Waals surface area contributed by atoms with Crippen molar-refractivity contribution in [2.75, 3.05) is 7.11 Å². The van der Waals surface area contributed by atoms with E-state index in [1.165, 1.54) is 31.4 Å². The van der Waals surface area contributed by atoms with Gasteiger partial charge in [-0.15, -0.1) is 0 Å². The van der Waals surface area contributed by atoms with Gasteiger partial charge in [-0.3, -0.25) is 20.4 Å². The molecule has 0 spiro atoms. The molecule has 0 bridgehead atoms. The van der Waals surface area contributed by atoms with Gasteiger partial charge in [0.2, 0.25) is 0 Å². The summed E-state index contributed by atoms with van der Waals surface area (Å²) < 4.78 is 4.59. The van der Waals surface area contributed by atoms with Crippen LogP contribution in [0.2, 0.25) is 0 Å². The van der Waals surface area contributed by atoms with Crippen LogP contribution in [0.5, 0.6) is 0 Å². The van der Waals surface area contributed by atoms with Crippen LogP contribution >= 0.6 is 0 Å². The number of aryl methyl sites for hydroxylation is 2. The molecule has 0 heterocycles. The molecule has 2 rings (SSSR count). The fourth-order valence-electron chi connectivity index (χ4n) is 2.20. The molecule has 6 nitrogen and oxygen atoms in total. The highest BCUT2D eigenvalue weighted by Gasteiger charge is 2.12. The average Bonchev–Trinajstić information content (AvgIpc) is 2.58. The summed E-state index contributed by atoms with van der Waals surface area (Å²) in [4.78, 5) is 35.5. The number of benzene rings is 2. The lowest BCUT2D eigenvalue weighted by molar-refractivity contribution is 0.0600. The summed E-state index contributed by atoms with van der Waals surface area (Å²) >= 11 is 0. The van der Waals surface area contributed by atoms with E-state index < -0.39 is 17.8 Å². The third-order valence-electron chi connectivity index (χ3n) is 3.48. The van der Waals surface area contributed by atoms with Crippen LogP contribution < -0.4 is 10.9 Å². The summed E-state index contributed by atoms with van der Waals surface area (Å²) in [6, 6.07) is 11.3. The zero-order valence-electron chi connectivity index (χ0n) is 13.7. The number of carbonyl (C=O) groups is 3. The van der Waals surface area contributed by atoms with Crippen molar-refractivity contribution < 1.29 is 19.1 Å². The molecule has 0 saturated carbocycles. The van der Waals surface area contributed by atoms with E-state index in [0.717, 1.165) is 11.1 Å². The van der Waals surface area contributed by atoms with Crippen molar-refractivity contribution in [1.82, 2.24) is 10.9 Å². The standard InChI is InChI=1S/C18H18N2O4/c1-11-4-9-15(12(2)10-11)17(22)20-19-16(21)13-5-7-14(8-6-13)18(23)24-3/h4-10H,1-3H3,(H,19,21)(H,20,22). The highest BCUT2D eigenvalue weighted by molar-refractivity contribution is 6.00. The molecule has 2 N–H and O–H groups in total. The molecule has 0 atom stereocenters. The van der Waals surface area contributed by atoms with Gasteiger partial charge in [-0.1, -0.05) is 17.7 Å². The molecule has 0 saturated heterocycles. The lowest BCUT2D eigenvalue weighted by Crippen LogP contribution is -2.41. The van der Waals surface area contributed by atoms with Gasteiger partial charge in [0.1, 0.15) is 0 Å². The first-order valence-corrected chi connectivity index (χ1v) is 7.28. The van der Waals surface area contributed by atoms with E-state index in [0.29, 0.717) is 16.7 Å². The van der Waals surface area contributed by atoms with Crippen LogP contribution in [0.15, 0.2) is 42.5 Å². The Hall–Kier alpha value is -3.15. The number of carbonyl (C=O) groups excluding carboxylic acids is 3. The minimum Gasteiger partial charge on any atom is -0.465 e. The van der Waals surface area contributed by atoms with E-state index in [1.807, 2.05) is 26.0 Å². The molecule has 0 unspecified atom stereocenters. The van der Waals surface area contributed by atoms with Crippen LogP contribution in [0.25, 0.3) is 0 Å². The summed E-state index contributed by atoms with van der Waals surface area (Å²) in [5, 5.41) is 0. The number of hydrogen-bond donors (Lipinski definition) is 2. The molecule has 2 aromatic carbocycles. The number of hydrogen-bond acceptors (Lipinski definition) is 4. The number of nitrogens with one attached hydrogen (secondary N) is 2. The summed E-state index contributed by atoms with van der Waals surface area (Å²) in [6.45, 7) is 3.77. The Kier molecular flexibility index (Phi) is 5.31. The number of esters is 1. The number of rotatable bonds is 3. The van der Waals surface area contributed by atoms with Crippen LogP contribution in [-0.2, 0) is 4.74 Å². The van der Waals surface area contributed by atoms with Crippen molar-refractivity contribution in [3.05, 3.63) is 70.3 Å². The zero-order chi connectivity index (χ0) is 17.7. The van der Waals surface area contributed by atoms with Gasteiger partial charge < -0.3 is 4.74 Å². The Morgan fingerprint density at radius 1 is 0.833 bits per heavy atom. The Balaban J connectivity index is 1.99. The van der Waals surface area contributed by atoms with E-state index in [-0.39, 0.29) is 0 Å². The third kappa shape index (κ3) is 3.98. The number of ether oxygens (including phenoxy) is 1. The monoisotopic (exact) mass is 326 g/mol. The highest BCUT2D eigenvalue weighted by atomic mass is 16.5. The smallest absolute Gasteiger partial charge is 0.337 e. The average molecular weight is 326 g/mol. The number of methoxy groups -OCH3 is 1. The van der Waals surface area contributed by atoms with E-state index in [4.69, 9.17) is 0 Å². The van der Waals surface area contributed by atoms with Gasteiger partial charge in [0.15, 0.2) is 0 Å². The second-order valence-electron chi connectivity index (χ2n) is 5.30. The predicted molar refractivity (Wildman–Crippen MR) is 88.6 cm³/mol. The predicted octanol–water partition coefficient (Wildman–Crippen LogP) is 2.16. The zero-order valence-corrected chi connectivity index (χ0v) is 13.7. The van der Waals surface area contributed by atoms with Crippen molar-refractivity contribution in [2.45, 2.75) is 13.8 Å². The molecule has 0 aliphatic heterocycles. The number of hydrazine groups is 1. The summed E-state index contributed by atoms with van der Waals surface area (Å²) in [7, 11) is 1.28. The first-order chi connectivity index (χ1) is 11.4. The van der Waals surface area contributed by atoms with Gasteiger partial charge in [0, 0.05) is 11.1 Å². The lowest BCUT2D eigenvalue weighted by atomic mass is 10.1. The Bertz CT molecular complexity index is 782. The molecule has 2 aromatic rings. The largest absolute Gasteiger partial charge is 0.465 e. The van der Waals surface area contributed by atoms with Crippen LogP contribution in [0.1, 0.15) is 42.2 Å². The van der Waals surface area contributed by atoms with Crippen LogP contribution in [0, 0.1) is 13.8 Å². The molecule has 6 heteroatoms. The number of amides is 2. The van der Waals surface area contributed by atoms with Crippen molar-refractivity contribution in [3.8, 4) is 0 Å². The van der Waals surface area contributed by atoms with Crippen molar-refractivity contribution >= 4 is 17.8 Å². The third-order valence-corrected chi connectivity index (χ3v) is 3.48.